The van der Waals surface area contributed by atoms with Gasteiger partial charge in [-0.15, -0.1) is 0 Å². The number of nitrogens with zero attached hydrogens (tertiary/aromatic N) is 1. The highest BCUT2D eigenvalue weighted by Gasteiger charge is 2.10. The first-order chi connectivity index (χ1) is 8.40. The summed E-state index contributed by atoms with van der Waals surface area (Å²) in [4.78, 5) is 2.38. The molecule has 94 valence electrons. The molecule has 0 aromatic heterocycles. The highest BCUT2D eigenvalue weighted by Crippen LogP contribution is 2.17. The summed E-state index contributed by atoms with van der Waals surface area (Å²) in [5, 5.41) is 0. The van der Waals surface area contributed by atoms with Crippen LogP contribution < -0.4 is 10.6 Å². The van der Waals surface area contributed by atoms with Crippen LogP contribution in [0, 0.1) is 0 Å². The van der Waals surface area contributed by atoms with Crippen LogP contribution in [0.5, 0.6) is 0 Å². The summed E-state index contributed by atoms with van der Waals surface area (Å²) in [6.45, 7) is 4.50. The maximum absolute atomic E-state index is 5.50. The Bertz CT molecular complexity index is 317. The molecular formula is C14H22N2O. The number of aryl methyl sites for hydroxylation is 1. The highest BCUT2D eigenvalue weighted by molar-refractivity contribution is 5.47. The van der Waals surface area contributed by atoms with Crippen molar-refractivity contribution in [2.45, 2.75) is 19.3 Å². The molecule has 0 unspecified atom stereocenters. The lowest BCUT2D eigenvalue weighted by Gasteiger charge is -2.28. The summed E-state index contributed by atoms with van der Waals surface area (Å²) in [5.74, 6) is 0. The fraction of sp³-hybridized carbons (Fsp3) is 0.571. The fourth-order valence-corrected chi connectivity index (χ4v) is 2.17. The normalized spacial score (nSPS) is 16.2. The Morgan fingerprint density at radius 3 is 2.41 bits per heavy atom. The molecule has 0 amide bonds. The van der Waals surface area contributed by atoms with E-state index in [0.717, 1.165) is 45.7 Å². The van der Waals surface area contributed by atoms with Crippen molar-refractivity contribution in [1.82, 2.24) is 0 Å². The summed E-state index contributed by atoms with van der Waals surface area (Å²) in [6, 6.07) is 8.93. The van der Waals surface area contributed by atoms with Crippen LogP contribution in [-0.2, 0) is 11.2 Å². The van der Waals surface area contributed by atoms with E-state index in [1.807, 2.05) is 0 Å². The van der Waals surface area contributed by atoms with Gasteiger partial charge < -0.3 is 15.4 Å². The van der Waals surface area contributed by atoms with Crippen LogP contribution in [0.25, 0.3) is 0 Å². The third-order valence-electron chi connectivity index (χ3n) is 3.23. The number of morpholine rings is 1. The molecule has 0 bridgehead atoms. The molecule has 1 aliphatic heterocycles. The predicted molar refractivity (Wildman–Crippen MR) is 71.5 cm³/mol. The number of rotatable bonds is 5. The minimum atomic E-state index is 0.797. The number of hydrogen-bond donors (Lipinski definition) is 1. The molecular weight excluding hydrogens is 212 g/mol. The van der Waals surface area contributed by atoms with E-state index < -0.39 is 0 Å². The van der Waals surface area contributed by atoms with Gasteiger partial charge in [0.2, 0.25) is 0 Å². The van der Waals surface area contributed by atoms with E-state index in [-0.39, 0.29) is 0 Å². The molecule has 0 saturated carbocycles. The zero-order valence-electron chi connectivity index (χ0n) is 10.4. The van der Waals surface area contributed by atoms with Crippen LogP contribution in [0.4, 0.5) is 5.69 Å². The summed E-state index contributed by atoms with van der Waals surface area (Å²) in [5.41, 5.74) is 8.22. The van der Waals surface area contributed by atoms with E-state index in [0.29, 0.717) is 0 Å². The average molecular weight is 234 g/mol. The molecule has 2 rings (SSSR count). The van der Waals surface area contributed by atoms with Crippen LogP contribution in [0.15, 0.2) is 24.3 Å². The molecule has 0 aliphatic carbocycles. The molecule has 17 heavy (non-hydrogen) atoms. The van der Waals surface area contributed by atoms with Crippen LogP contribution in [0.3, 0.4) is 0 Å². The Labute approximate surface area is 104 Å². The van der Waals surface area contributed by atoms with Gasteiger partial charge in [0.1, 0.15) is 0 Å². The van der Waals surface area contributed by atoms with Crippen LogP contribution >= 0.6 is 0 Å². The Hall–Kier alpha value is -1.06. The van der Waals surface area contributed by atoms with Crippen LogP contribution in [0.1, 0.15) is 18.4 Å². The first-order valence-corrected chi connectivity index (χ1v) is 6.52. The number of anilines is 1. The number of ether oxygens (including phenoxy) is 1. The molecule has 1 aromatic rings. The van der Waals surface area contributed by atoms with E-state index in [9.17, 15) is 0 Å². The zero-order chi connectivity index (χ0) is 11.9. The van der Waals surface area contributed by atoms with E-state index in [1.165, 1.54) is 17.7 Å². The molecule has 1 heterocycles. The van der Waals surface area contributed by atoms with Gasteiger partial charge in [-0.25, -0.2) is 0 Å². The zero-order valence-corrected chi connectivity index (χ0v) is 10.4. The monoisotopic (exact) mass is 234 g/mol. The molecule has 2 N–H and O–H groups in total. The van der Waals surface area contributed by atoms with Crippen molar-refractivity contribution < 1.29 is 4.74 Å². The second-order valence-corrected chi connectivity index (χ2v) is 4.51. The molecule has 1 fully saturated rings. The molecule has 3 heteroatoms. The molecule has 1 saturated heterocycles. The Morgan fingerprint density at radius 1 is 1.06 bits per heavy atom. The van der Waals surface area contributed by atoms with E-state index in [2.05, 4.69) is 29.2 Å². The second-order valence-electron chi connectivity index (χ2n) is 4.51. The van der Waals surface area contributed by atoms with Gasteiger partial charge in [0, 0.05) is 18.8 Å². The van der Waals surface area contributed by atoms with Crippen molar-refractivity contribution in [2.75, 3.05) is 37.7 Å². The van der Waals surface area contributed by atoms with Crippen molar-refractivity contribution in [3.63, 3.8) is 0 Å². The van der Waals surface area contributed by atoms with Crippen molar-refractivity contribution in [3.8, 4) is 0 Å². The van der Waals surface area contributed by atoms with Gasteiger partial charge in [-0.3, -0.25) is 0 Å². The quantitative estimate of drug-likeness (QED) is 0.790. The van der Waals surface area contributed by atoms with Crippen LogP contribution in [-0.4, -0.2) is 32.8 Å². The standard InChI is InChI=1S/C14H22N2O/c15-8-2-1-3-13-4-6-14(7-5-13)16-9-11-17-12-10-16/h4-7H,1-3,8-12,15H2. The SMILES string of the molecule is NCCCCc1ccc(N2CCOCC2)cc1. The van der Waals surface area contributed by atoms with E-state index in [4.69, 9.17) is 10.5 Å². The third kappa shape index (κ3) is 3.72. The lowest BCUT2D eigenvalue weighted by Crippen LogP contribution is -2.36. The summed E-state index contributed by atoms with van der Waals surface area (Å²) < 4.78 is 5.36. The summed E-state index contributed by atoms with van der Waals surface area (Å²) in [6.07, 6.45) is 3.44. The number of hydrogen-bond acceptors (Lipinski definition) is 3. The van der Waals surface area contributed by atoms with Crippen LogP contribution in [0.2, 0.25) is 0 Å². The maximum Gasteiger partial charge on any atom is 0.0642 e. The Kier molecular flexibility index (Phi) is 4.83. The van der Waals surface area contributed by atoms with Gasteiger partial charge >= 0.3 is 0 Å². The van der Waals surface area contributed by atoms with Crippen molar-refractivity contribution >= 4 is 5.69 Å². The third-order valence-corrected chi connectivity index (χ3v) is 3.23. The average Bonchev–Trinajstić information content (AvgIpc) is 2.41. The largest absolute Gasteiger partial charge is 0.378 e. The lowest BCUT2D eigenvalue weighted by molar-refractivity contribution is 0.122. The number of unbranched alkanes of at least 4 members (excludes halogenated alkanes) is 1. The van der Waals surface area contributed by atoms with Gasteiger partial charge in [-0.05, 0) is 43.5 Å². The minimum absolute atomic E-state index is 0.797. The summed E-state index contributed by atoms with van der Waals surface area (Å²) >= 11 is 0. The highest BCUT2D eigenvalue weighted by atomic mass is 16.5. The van der Waals surface area contributed by atoms with Gasteiger partial charge in [0.05, 0.1) is 13.2 Å². The maximum atomic E-state index is 5.50. The Morgan fingerprint density at radius 2 is 1.76 bits per heavy atom. The second kappa shape index (κ2) is 6.62. The summed E-state index contributed by atoms with van der Waals surface area (Å²) in [7, 11) is 0. The predicted octanol–water partition coefficient (Wildman–Crippen LogP) is 1.80. The van der Waals surface area contributed by atoms with Crippen molar-refractivity contribution in [3.05, 3.63) is 29.8 Å². The smallest absolute Gasteiger partial charge is 0.0642 e. The van der Waals surface area contributed by atoms with Gasteiger partial charge in [0.15, 0.2) is 0 Å². The lowest BCUT2D eigenvalue weighted by atomic mass is 10.1. The molecule has 0 spiro atoms. The van der Waals surface area contributed by atoms with Gasteiger partial charge in [-0.1, -0.05) is 12.1 Å². The number of nitrogens with two attached hydrogens (primary N) is 1. The van der Waals surface area contributed by atoms with E-state index >= 15 is 0 Å². The molecule has 1 aliphatic rings. The minimum Gasteiger partial charge on any atom is -0.378 e. The van der Waals surface area contributed by atoms with Crippen molar-refractivity contribution in [2.24, 2.45) is 5.73 Å². The molecule has 0 radical (unpaired) electrons. The molecule has 3 nitrogen and oxygen atoms in total. The fourth-order valence-electron chi connectivity index (χ4n) is 2.17. The number of benzene rings is 1. The molecule has 1 aromatic carbocycles. The van der Waals surface area contributed by atoms with Crippen molar-refractivity contribution in [1.29, 1.82) is 0 Å². The first-order valence-electron chi connectivity index (χ1n) is 6.52. The van der Waals surface area contributed by atoms with Gasteiger partial charge in [-0.2, -0.15) is 0 Å². The Balaban J connectivity index is 1.88. The van der Waals surface area contributed by atoms with Gasteiger partial charge in [0.25, 0.3) is 0 Å². The van der Waals surface area contributed by atoms with E-state index in [1.54, 1.807) is 0 Å². The topological polar surface area (TPSA) is 38.5 Å². The molecule has 0 atom stereocenters. The first kappa shape index (κ1) is 12.4.